The zero-order valence-corrected chi connectivity index (χ0v) is 15.6. The molecule has 2 aromatic heterocycles. The van der Waals surface area contributed by atoms with E-state index in [4.69, 9.17) is 0 Å². The molecule has 0 radical (unpaired) electrons. The largest absolute Gasteiger partial charge is 0.322 e. The molecule has 0 spiro atoms. The number of hydrogen-bond acceptors (Lipinski definition) is 4. The van der Waals surface area contributed by atoms with Gasteiger partial charge in [0.2, 0.25) is 0 Å². The van der Waals surface area contributed by atoms with Crippen LogP contribution in [0.3, 0.4) is 0 Å². The highest BCUT2D eigenvalue weighted by Crippen LogP contribution is 2.22. The van der Waals surface area contributed by atoms with Gasteiger partial charge in [-0.2, -0.15) is 5.10 Å². The smallest absolute Gasteiger partial charge is 0.257 e. The predicted molar refractivity (Wildman–Crippen MR) is 109 cm³/mol. The first-order valence-electron chi connectivity index (χ1n) is 8.94. The summed E-state index contributed by atoms with van der Waals surface area (Å²) >= 11 is 0. The Kier molecular flexibility index (Phi) is 4.68. The summed E-state index contributed by atoms with van der Waals surface area (Å²) in [4.78, 5) is 21.4. The van der Waals surface area contributed by atoms with E-state index in [1.807, 2.05) is 74.5 Å². The first-order valence-corrected chi connectivity index (χ1v) is 8.94. The van der Waals surface area contributed by atoms with Crippen LogP contribution in [0.4, 0.5) is 5.69 Å². The molecule has 0 saturated carbocycles. The van der Waals surface area contributed by atoms with Gasteiger partial charge < -0.3 is 5.32 Å². The molecule has 138 valence electrons. The number of aromatic nitrogens is 4. The average Bonchev–Trinajstić information content (AvgIpc) is 3.19. The zero-order valence-electron chi connectivity index (χ0n) is 15.6. The van der Waals surface area contributed by atoms with Crippen molar-refractivity contribution in [1.82, 2.24) is 20.2 Å². The number of hydrogen-bond donors (Lipinski definition) is 2. The molecule has 0 bridgehead atoms. The van der Waals surface area contributed by atoms with Crippen LogP contribution < -0.4 is 5.32 Å². The summed E-state index contributed by atoms with van der Waals surface area (Å²) in [6.07, 6.45) is 0. The number of aromatic amines is 1. The second-order valence-electron chi connectivity index (χ2n) is 6.49. The molecular formula is C22H19N5O. The van der Waals surface area contributed by atoms with Crippen molar-refractivity contribution in [3.63, 3.8) is 0 Å². The predicted octanol–water partition coefficient (Wildman–Crippen LogP) is 4.40. The van der Waals surface area contributed by atoms with Gasteiger partial charge in [-0.25, -0.2) is 4.98 Å². The van der Waals surface area contributed by atoms with E-state index >= 15 is 0 Å². The lowest BCUT2D eigenvalue weighted by Crippen LogP contribution is -2.14. The molecule has 1 amide bonds. The molecule has 28 heavy (non-hydrogen) atoms. The van der Waals surface area contributed by atoms with Crippen LogP contribution in [-0.4, -0.2) is 26.1 Å². The Bertz CT molecular complexity index is 1120. The summed E-state index contributed by atoms with van der Waals surface area (Å²) in [6.45, 7) is 3.74. The van der Waals surface area contributed by atoms with Gasteiger partial charge >= 0.3 is 0 Å². The normalized spacial score (nSPS) is 10.6. The van der Waals surface area contributed by atoms with Crippen LogP contribution in [0.15, 0.2) is 66.7 Å². The van der Waals surface area contributed by atoms with Crippen molar-refractivity contribution in [2.45, 2.75) is 13.8 Å². The molecule has 0 aliphatic rings. The molecule has 2 heterocycles. The van der Waals surface area contributed by atoms with Crippen LogP contribution in [0.25, 0.3) is 22.8 Å². The Morgan fingerprint density at radius 1 is 0.857 bits per heavy atom. The number of aryl methyl sites for hydroxylation is 2. The highest BCUT2D eigenvalue weighted by atomic mass is 16.1. The van der Waals surface area contributed by atoms with E-state index < -0.39 is 0 Å². The first kappa shape index (κ1) is 17.6. The van der Waals surface area contributed by atoms with Crippen LogP contribution in [0.5, 0.6) is 0 Å². The number of H-pyrrole nitrogens is 1. The average molecular weight is 369 g/mol. The van der Waals surface area contributed by atoms with E-state index in [1.54, 1.807) is 6.07 Å². The Morgan fingerprint density at radius 3 is 2.32 bits per heavy atom. The molecule has 4 rings (SSSR count). The highest BCUT2D eigenvalue weighted by molar-refractivity contribution is 6.05. The number of carbonyl (C=O) groups excluding carboxylic acids is 1. The highest BCUT2D eigenvalue weighted by Gasteiger charge is 2.11. The summed E-state index contributed by atoms with van der Waals surface area (Å²) in [7, 11) is 0. The lowest BCUT2D eigenvalue weighted by atomic mass is 10.1. The fraction of sp³-hybridized carbons (Fsp3) is 0.0909. The third-order valence-corrected chi connectivity index (χ3v) is 4.40. The summed E-state index contributed by atoms with van der Waals surface area (Å²) < 4.78 is 0. The molecule has 0 unspecified atom stereocenters. The lowest BCUT2D eigenvalue weighted by Gasteiger charge is -2.08. The number of anilines is 1. The van der Waals surface area contributed by atoms with E-state index in [0.29, 0.717) is 28.6 Å². The summed E-state index contributed by atoms with van der Waals surface area (Å²) in [5.41, 5.74) is 4.72. The number of nitrogens with one attached hydrogen (secondary N) is 2. The summed E-state index contributed by atoms with van der Waals surface area (Å²) in [5, 5.41) is 10.1. The fourth-order valence-electron chi connectivity index (χ4n) is 2.94. The number of nitrogens with zero attached hydrogens (tertiary/aromatic N) is 3. The van der Waals surface area contributed by atoms with Gasteiger partial charge in [0.15, 0.2) is 11.6 Å². The van der Waals surface area contributed by atoms with Gasteiger partial charge in [-0.05, 0) is 50.2 Å². The Hall–Kier alpha value is -3.80. The molecule has 2 aromatic carbocycles. The van der Waals surface area contributed by atoms with E-state index in [0.717, 1.165) is 16.8 Å². The van der Waals surface area contributed by atoms with Gasteiger partial charge in [0.1, 0.15) is 0 Å². The molecule has 6 heteroatoms. The third-order valence-electron chi connectivity index (χ3n) is 4.40. The van der Waals surface area contributed by atoms with Crippen molar-refractivity contribution in [1.29, 1.82) is 0 Å². The minimum absolute atomic E-state index is 0.177. The maximum absolute atomic E-state index is 12.5. The molecule has 0 fully saturated rings. The molecule has 0 aliphatic heterocycles. The van der Waals surface area contributed by atoms with E-state index in [-0.39, 0.29) is 5.91 Å². The quantitative estimate of drug-likeness (QED) is 0.558. The second-order valence-corrected chi connectivity index (χ2v) is 6.49. The molecule has 0 saturated heterocycles. The fourth-order valence-corrected chi connectivity index (χ4v) is 2.94. The van der Waals surface area contributed by atoms with Crippen LogP contribution in [0, 0.1) is 13.8 Å². The minimum Gasteiger partial charge on any atom is -0.322 e. The first-order chi connectivity index (χ1) is 13.6. The zero-order chi connectivity index (χ0) is 19.5. The monoisotopic (exact) mass is 369 g/mol. The van der Waals surface area contributed by atoms with Gasteiger partial charge in [-0.3, -0.25) is 14.9 Å². The summed E-state index contributed by atoms with van der Waals surface area (Å²) in [5.74, 6) is 1.15. The number of benzene rings is 2. The lowest BCUT2D eigenvalue weighted by molar-refractivity contribution is 0.102. The molecule has 2 N–H and O–H groups in total. The molecule has 6 nitrogen and oxygen atoms in total. The third kappa shape index (κ3) is 3.66. The van der Waals surface area contributed by atoms with Gasteiger partial charge in [-0.15, -0.1) is 0 Å². The Balaban J connectivity index is 1.50. The SMILES string of the molecule is Cc1ccc(C(=O)Nc2ccc(-c3nc(-c4ccccc4)n[nH]3)cc2)c(C)n1. The van der Waals surface area contributed by atoms with Crippen molar-refractivity contribution in [2.24, 2.45) is 0 Å². The van der Waals surface area contributed by atoms with Crippen molar-refractivity contribution < 1.29 is 4.79 Å². The molecule has 0 atom stereocenters. The van der Waals surface area contributed by atoms with Crippen LogP contribution >= 0.6 is 0 Å². The van der Waals surface area contributed by atoms with Crippen LogP contribution in [-0.2, 0) is 0 Å². The Labute approximate surface area is 162 Å². The number of carbonyl (C=O) groups is 1. The minimum atomic E-state index is -0.177. The van der Waals surface area contributed by atoms with Crippen molar-refractivity contribution in [3.05, 3.63) is 83.7 Å². The molecular weight excluding hydrogens is 350 g/mol. The second kappa shape index (κ2) is 7.44. The van der Waals surface area contributed by atoms with E-state index in [1.165, 1.54) is 0 Å². The van der Waals surface area contributed by atoms with Gasteiger partial charge in [0.05, 0.1) is 11.3 Å². The van der Waals surface area contributed by atoms with Crippen LogP contribution in [0.1, 0.15) is 21.7 Å². The van der Waals surface area contributed by atoms with Crippen molar-refractivity contribution >= 4 is 11.6 Å². The van der Waals surface area contributed by atoms with Gasteiger partial charge in [0, 0.05) is 22.5 Å². The summed E-state index contributed by atoms with van der Waals surface area (Å²) in [6, 6.07) is 20.9. The van der Waals surface area contributed by atoms with E-state index in [9.17, 15) is 4.79 Å². The number of rotatable bonds is 4. The Morgan fingerprint density at radius 2 is 1.61 bits per heavy atom. The number of amides is 1. The maximum Gasteiger partial charge on any atom is 0.257 e. The topological polar surface area (TPSA) is 83.6 Å². The van der Waals surface area contributed by atoms with Gasteiger partial charge in [-0.1, -0.05) is 30.3 Å². The van der Waals surface area contributed by atoms with Crippen molar-refractivity contribution in [3.8, 4) is 22.8 Å². The van der Waals surface area contributed by atoms with Crippen molar-refractivity contribution in [2.75, 3.05) is 5.32 Å². The molecule has 4 aromatic rings. The van der Waals surface area contributed by atoms with E-state index in [2.05, 4.69) is 25.5 Å². The molecule has 0 aliphatic carbocycles. The van der Waals surface area contributed by atoms with Crippen LogP contribution in [0.2, 0.25) is 0 Å². The van der Waals surface area contributed by atoms with Gasteiger partial charge in [0.25, 0.3) is 5.91 Å². The standard InChI is InChI=1S/C22H19N5O/c1-14-8-13-19(15(2)23-14)22(28)24-18-11-9-17(10-12-18)21-25-20(26-27-21)16-6-4-3-5-7-16/h3-13H,1-2H3,(H,24,28)(H,25,26,27). The number of pyridine rings is 1. The maximum atomic E-state index is 12.5.